The molecule has 0 aliphatic carbocycles. The third-order valence-corrected chi connectivity index (χ3v) is 5.55. The molecule has 1 fully saturated rings. The van der Waals surface area contributed by atoms with Crippen LogP contribution in [0.15, 0.2) is 6.20 Å². The van der Waals surface area contributed by atoms with Gasteiger partial charge in [-0.05, 0) is 38.5 Å². The zero-order valence-corrected chi connectivity index (χ0v) is 12.9. The van der Waals surface area contributed by atoms with Crippen molar-refractivity contribution in [3.8, 4) is 0 Å². The summed E-state index contributed by atoms with van der Waals surface area (Å²) in [5, 5.41) is 8.73. The summed E-state index contributed by atoms with van der Waals surface area (Å²) in [6, 6.07) is 0.282. The molecule has 3 nitrogen and oxygen atoms in total. The number of nitrogens with zero attached hydrogens (tertiary/aromatic N) is 2. The number of hydrogen-bond donors (Lipinski definition) is 1. The van der Waals surface area contributed by atoms with E-state index in [4.69, 9.17) is 11.6 Å². The first kappa shape index (κ1) is 14.2. The molecule has 2 unspecified atom stereocenters. The molecule has 2 heterocycles. The third-order valence-electron chi connectivity index (χ3n) is 3.67. The number of nitrogens with one attached hydrogen (secondary N) is 1. The molecule has 1 aromatic heterocycles. The second-order valence-electron chi connectivity index (χ2n) is 5.15. The molecule has 2 rings (SSSR count). The largest absolute Gasteiger partial charge is 0.307 e. The van der Waals surface area contributed by atoms with Gasteiger partial charge >= 0.3 is 0 Å². The number of thioether (sulfide) groups is 1. The molecule has 102 valence electrons. The summed E-state index contributed by atoms with van der Waals surface area (Å²) in [6.07, 6.45) is 5.41. The molecule has 5 heteroatoms. The minimum absolute atomic E-state index is 0.229. The average Bonchev–Trinajstić information content (AvgIpc) is 2.90. The Morgan fingerprint density at radius 1 is 1.67 bits per heavy atom. The van der Waals surface area contributed by atoms with Crippen LogP contribution in [-0.2, 0) is 7.05 Å². The van der Waals surface area contributed by atoms with E-state index in [-0.39, 0.29) is 10.8 Å². The summed E-state index contributed by atoms with van der Waals surface area (Å²) in [5.41, 5.74) is 1.13. The molecule has 18 heavy (non-hydrogen) atoms. The summed E-state index contributed by atoms with van der Waals surface area (Å²) < 4.78 is 2.15. The standard InChI is InChI=1S/C13H22ClN3S/c1-4-7-15-12(13(2)6-5-8-18-13)11-10(14)9-16-17(11)3/h9,12,15H,4-8H2,1-3H3. The minimum Gasteiger partial charge on any atom is -0.307 e. The lowest BCUT2D eigenvalue weighted by molar-refractivity contribution is 0.393. The molecule has 1 aliphatic heterocycles. The summed E-state index contributed by atoms with van der Waals surface area (Å²) in [5.74, 6) is 1.25. The second-order valence-corrected chi connectivity index (χ2v) is 7.19. The molecular weight excluding hydrogens is 266 g/mol. The minimum atomic E-state index is 0.229. The van der Waals surface area contributed by atoms with E-state index in [0.29, 0.717) is 0 Å². The van der Waals surface area contributed by atoms with Gasteiger partial charge in [0.1, 0.15) is 0 Å². The van der Waals surface area contributed by atoms with E-state index in [2.05, 4.69) is 36.0 Å². The van der Waals surface area contributed by atoms with Gasteiger partial charge in [0.05, 0.1) is 23.0 Å². The summed E-state index contributed by atoms with van der Waals surface area (Å²) >= 11 is 8.38. The molecule has 0 bridgehead atoms. The Morgan fingerprint density at radius 2 is 2.44 bits per heavy atom. The summed E-state index contributed by atoms with van der Waals surface area (Å²) in [4.78, 5) is 0. The number of rotatable bonds is 5. The molecule has 1 N–H and O–H groups in total. The topological polar surface area (TPSA) is 29.9 Å². The number of aryl methyl sites for hydroxylation is 1. The fraction of sp³-hybridized carbons (Fsp3) is 0.769. The Hall–Kier alpha value is -0.190. The predicted molar refractivity (Wildman–Crippen MR) is 79.3 cm³/mol. The Labute approximate surface area is 119 Å². The van der Waals surface area contributed by atoms with Gasteiger partial charge in [-0.15, -0.1) is 0 Å². The first-order valence-corrected chi connectivity index (χ1v) is 7.99. The number of halogens is 1. The molecule has 1 aromatic rings. The maximum Gasteiger partial charge on any atom is 0.0834 e. The molecule has 1 aliphatic rings. The van der Waals surface area contributed by atoms with Crippen LogP contribution in [0.2, 0.25) is 5.02 Å². The van der Waals surface area contributed by atoms with E-state index in [1.807, 2.05) is 11.7 Å². The van der Waals surface area contributed by atoms with Crippen molar-refractivity contribution in [2.24, 2.45) is 7.05 Å². The van der Waals surface area contributed by atoms with Crippen molar-refractivity contribution in [2.75, 3.05) is 12.3 Å². The van der Waals surface area contributed by atoms with Gasteiger partial charge in [-0.2, -0.15) is 16.9 Å². The molecular formula is C13H22ClN3S. The first-order valence-electron chi connectivity index (χ1n) is 6.63. The molecule has 0 aromatic carbocycles. The lowest BCUT2D eigenvalue weighted by atomic mass is 9.93. The van der Waals surface area contributed by atoms with Crippen molar-refractivity contribution >= 4 is 23.4 Å². The van der Waals surface area contributed by atoms with Crippen LogP contribution in [0.5, 0.6) is 0 Å². The fourth-order valence-corrected chi connectivity index (χ4v) is 4.34. The third kappa shape index (κ3) is 2.70. The molecule has 1 saturated heterocycles. The Morgan fingerprint density at radius 3 is 2.94 bits per heavy atom. The van der Waals surface area contributed by atoms with Gasteiger partial charge in [-0.25, -0.2) is 0 Å². The van der Waals surface area contributed by atoms with E-state index < -0.39 is 0 Å². The van der Waals surface area contributed by atoms with E-state index in [1.165, 1.54) is 18.6 Å². The normalized spacial score (nSPS) is 25.6. The summed E-state index contributed by atoms with van der Waals surface area (Å²) in [7, 11) is 1.98. The van der Waals surface area contributed by atoms with Gasteiger partial charge in [0.2, 0.25) is 0 Å². The van der Waals surface area contributed by atoms with Crippen LogP contribution in [0, 0.1) is 0 Å². The summed E-state index contributed by atoms with van der Waals surface area (Å²) in [6.45, 7) is 5.56. The van der Waals surface area contributed by atoms with Crippen molar-refractivity contribution in [3.05, 3.63) is 16.9 Å². The zero-order chi connectivity index (χ0) is 13.2. The van der Waals surface area contributed by atoms with E-state index >= 15 is 0 Å². The van der Waals surface area contributed by atoms with Crippen LogP contribution < -0.4 is 5.32 Å². The fourth-order valence-electron chi connectivity index (χ4n) is 2.66. The molecule has 0 saturated carbocycles. The monoisotopic (exact) mass is 287 g/mol. The first-order chi connectivity index (χ1) is 8.58. The SMILES string of the molecule is CCCNC(c1c(Cl)cnn1C)C1(C)CCCS1. The predicted octanol–water partition coefficient (Wildman–Crippen LogP) is 3.40. The second kappa shape index (κ2) is 5.85. The highest BCUT2D eigenvalue weighted by Crippen LogP contribution is 2.47. The van der Waals surface area contributed by atoms with E-state index in [9.17, 15) is 0 Å². The molecule has 0 spiro atoms. The van der Waals surface area contributed by atoms with Crippen molar-refractivity contribution < 1.29 is 0 Å². The van der Waals surface area contributed by atoms with Crippen LogP contribution in [0.4, 0.5) is 0 Å². The highest BCUT2D eigenvalue weighted by molar-refractivity contribution is 8.00. The molecule has 0 amide bonds. The van der Waals surface area contributed by atoms with Crippen LogP contribution in [0.3, 0.4) is 0 Å². The number of hydrogen-bond acceptors (Lipinski definition) is 3. The van der Waals surface area contributed by atoms with Gasteiger partial charge in [0.25, 0.3) is 0 Å². The highest BCUT2D eigenvalue weighted by Gasteiger charge is 2.40. The highest BCUT2D eigenvalue weighted by atomic mass is 35.5. The van der Waals surface area contributed by atoms with Crippen LogP contribution in [0.1, 0.15) is 44.8 Å². The zero-order valence-electron chi connectivity index (χ0n) is 11.4. The van der Waals surface area contributed by atoms with Crippen molar-refractivity contribution in [1.82, 2.24) is 15.1 Å². The Kier molecular flexibility index (Phi) is 4.62. The quantitative estimate of drug-likeness (QED) is 0.900. The molecule has 0 radical (unpaired) electrons. The van der Waals surface area contributed by atoms with Gasteiger partial charge in [-0.1, -0.05) is 18.5 Å². The lowest BCUT2D eigenvalue weighted by Crippen LogP contribution is -2.39. The maximum absolute atomic E-state index is 6.33. The Bertz CT molecular complexity index is 379. The van der Waals surface area contributed by atoms with Crippen LogP contribution >= 0.6 is 23.4 Å². The van der Waals surface area contributed by atoms with Gasteiger partial charge in [0.15, 0.2) is 0 Å². The van der Waals surface area contributed by atoms with Gasteiger partial charge in [0, 0.05) is 11.8 Å². The van der Waals surface area contributed by atoms with E-state index in [0.717, 1.165) is 23.7 Å². The Balaban J connectivity index is 2.30. The van der Waals surface area contributed by atoms with E-state index in [1.54, 1.807) is 6.20 Å². The van der Waals surface area contributed by atoms with Crippen molar-refractivity contribution in [3.63, 3.8) is 0 Å². The van der Waals surface area contributed by atoms with Gasteiger partial charge in [-0.3, -0.25) is 4.68 Å². The lowest BCUT2D eigenvalue weighted by Gasteiger charge is -2.34. The average molecular weight is 288 g/mol. The molecule has 2 atom stereocenters. The van der Waals surface area contributed by atoms with Gasteiger partial charge < -0.3 is 5.32 Å². The smallest absolute Gasteiger partial charge is 0.0834 e. The number of aromatic nitrogens is 2. The van der Waals surface area contributed by atoms with Crippen LogP contribution in [0.25, 0.3) is 0 Å². The van der Waals surface area contributed by atoms with Crippen molar-refractivity contribution in [1.29, 1.82) is 0 Å². The van der Waals surface area contributed by atoms with Crippen molar-refractivity contribution in [2.45, 2.75) is 43.9 Å². The van der Waals surface area contributed by atoms with Crippen LogP contribution in [-0.4, -0.2) is 26.8 Å². The maximum atomic E-state index is 6.33.